The van der Waals surface area contributed by atoms with E-state index in [0.29, 0.717) is 11.2 Å². The minimum atomic E-state index is -2.28. The predicted molar refractivity (Wildman–Crippen MR) is 83.0 cm³/mol. The van der Waals surface area contributed by atoms with E-state index in [9.17, 15) is 5.26 Å². The Morgan fingerprint density at radius 3 is 1.82 bits per heavy atom. The van der Waals surface area contributed by atoms with Crippen LogP contribution in [0.15, 0.2) is 18.3 Å². The van der Waals surface area contributed by atoms with Crippen LogP contribution in [0, 0.1) is 11.3 Å². The van der Waals surface area contributed by atoms with Crippen LogP contribution in [0.25, 0.3) is 0 Å². The Labute approximate surface area is 145 Å². The molecule has 0 amide bonds. The second-order valence-electron chi connectivity index (χ2n) is 5.74. The molecule has 116 valence electrons. The zero-order chi connectivity index (χ0) is 16.0. The molecule has 0 saturated carbocycles. The Bertz CT molecular complexity index is 477. The average molecular weight is 298 g/mol. The second-order valence-corrected chi connectivity index (χ2v) is 5.74. The fourth-order valence-corrected chi connectivity index (χ4v) is 2.16. The third-order valence-electron chi connectivity index (χ3n) is 2.65. The van der Waals surface area contributed by atoms with Crippen molar-refractivity contribution < 1.29 is 32.8 Å². The van der Waals surface area contributed by atoms with Gasteiger partial charge in [0.2, 0.25) is 0 Å². The van der Waals surface area contributed by atoms with Crippen LogP contribution in [0.3, 0.4) is 0 Å². The molecule has 0 unspecified atom stereocenters. The normalized spacial score (nSPS) is 11.6. The average Bonchev–Trinajstić information content (AvgIpc) is 2.36. The van der Waals surface area contributed by atoms with Gasteiger partial charge in [-0.15, -0.1) is 0 Å². The van der Waals surface area contributed by atoms with E-state index < -0.39 is 6.75 Å². The van der Waals surface area contributed by atoms with Crippen LogP contribution in [0.5, 0.6) is 0 Å². The molecule has 0 aromatic carbocycles. The summed E-state index contributed by atoms with van der Waals surface area (Å²) >= 11 is 0. The molecule has 7 heteroatoms. The maximum atomic E-state index is 9.34. The molecule has 0 bridgehead atoms. The van der Waals surface area contributed by atoms with Gasteiger partial charge in [0.25, 0.3) is 0 Å². The van der Waals surface area contributed by atoms with E-state index in [-0.39, 0.29) is 37.2 Å². The Kier molecular flexibility index (Phi) is 9.00. The molecular formula is C15H24BLiN2O3. The van der Waals surface area contributed by atoms with Crippen molar-refractivity contribution >= 4 is 12.3 Å². The predicted octanol–water partition coefficient (Wildman–Crippen LogP) is -0.622. The molecule has 1 rings (SSSR count). The van der Waals surface area contributed by atoms with Gasteiger partial charge in [-0.2, -0.15) is 5.26 Å². The quantitative estimate of drug-likeness (QED) is 0.628. The van der Waals surface area contributed by atoms with E-state index in [4.69, 9.17) is 14.0 Å². The van der Waals surface area contributed by atoms with Gasteiger partial charge in [0, 0.05) is 30.1 Å². The fraction of sp³-hybridized carbons (Fsp3) is 0.600. The summed E-state index contributed by atoms with van der Waals surface area (Å²) in [4.78, 5) is 4.31. The molecule has 0 aliphatic heterocycles. The van der Waals surface area contributed by atoms with Gasteiger partial charge in [0.1, 0.15) is 0 Å². The van der Waals surface area contributed by atoms with Crippen LogP contribution in [0.2, 0.25) is 0 Å². The molecule has 1 aromatic rings. The SMILES string of the molecule is CC(C)O[B-](OC(C)C)(OC(C)C)c1ncccc1C#N.[Li+]. The van der Waals surface area contributed by atoms with E-state index in [0.717, 1.165) is 0 Å². The van der Waals surface area contributed by atoms with Gasteiger partial charge in [-0.3, -0.25) is 4.98 Å². The smallest absolute Gasteiger partial charge is 0.538 e. The Morgan fingerprint density at radius 1 is 1.00 bits per heavy atom. The minimum absolute atomic E-state index is 0. The van der Waals surface area contributed by atoms with Gasteiger partial charge < -0.3 is 14.0 Å². The summed E-state index contributed by atoms with van der Waals surface area (Å²) in [6.45, 7) is 9.13. The van der Waals surface area contributed by atoms with Crippen molar-refractivity contribution in [3.05, 3.63) is 23.9 Å². The first-order valence-corrected chi connectivity index (χ1v) is 7.33. The van der Waals surface area contributed by atoms with Crippen molar-refractivity contribution in [1.82, 2.24) is 4.98 Å². The molecule has 5 nitrogen and oxygen atoms in total. The second kappa shape index (κ2) is 9.35. The van der Waals surface area contributed by atoms with Crippen LogP contribution in [0.4, 0.5) is 0 Å². The van der Waals surface area contributed by atoms with E-state index in [1.165, 1.54) is 0 Å². The Hall–Kier alpha value is -0.818. The molecular weight excluding hydrogens is 274 g/mol. The number of pyridine rings is 1. The van der Waals surface area contributed by atoms with E-state index in [2.05, 4.69) is 11.1 Å². The third kappa shape index (κ3) is 5.76. The standard InChI is InChI=1S/C15H24BN2O3.Li/c1-11(2)19-16(20-12(3)4,21-13(5)6)15-14(10-17)8-7-9-18-15;/h7-9,11-13H,1-6H3;/q-1;+1. The molecule has 0 saturated heterocycles. The zero-order valence-electron chi connectivity index (χ0n) is 14.7. The zero-order valence-corrected chi connectivity index (χ0v) is 14.7. The van der Waals surface area contributed by atoms with Gasteiger partial charge in [-0.25, -0.2) is 0 Å². The molecule has 0 spiro atoms. The summed E-state index contributed by atoms with van der Waals surface area (Å²) in [6, 6.07) is 5.54. The van der Waals surface area contributed by atoms with Gasteiger partial charge in [0.15, 0.2) is 0 Å². The monoisotopic (exact) mass is 298 g/mol. The number of nitriles is 1. The van der Waals surface area contributed by atoms with Crippen LogP contribution in [-0.2, 0) is 14.0 Å². The summed E-state index contributed by atoms with van der Waals surface area (Å²) in [5.41, 5.74) is 0.815. The fourth-order valence-electron chi connectivity index (χ4n) is 2.16. The molecule has 0 aliphatic carbocycles. The largest absolute Gasteiger partial charge is 1.00 e. The van der Waals surface area contributed by atoms with Gasteiger partial charge >= 0.3 is 25.6 Å². The van der Waals surface area contributed by atoms with Crippen LogP contribution in [-0.4, -0.2) is 30.1 Å². The first kappa shape index (κ1) is 21.2. The van der Waals surface area contributed by atoms with Gasteiger partial charge in [0.05, 0.1) is 6.07 Å². The summed E-state index contributed by atoms with van der Waals surface area (Å²) in [6.07, 6.45) is 1.23. The molecule has 1 heterocycles. The van der Waals surface area contributed by atoms with Crippen molar-refractivity contribution in [2.75, 3.05) is 0 Å². The maximum absolute atomic E-state index is 9.34. The number of nitrogens with zero attached hydrogens (tertiary/aromatic N) is 2. The maximum Gasteiger partial charge on any atom is 1.00 e. The molecule has 0 fully saturated rings. The third-order valence-corrected chi connectivity index (χ3v) is 2.65. The van der Waals surface area contributed by atoms with Crippen LogP contribution >= 0.6 is 0 Å². The summed E-state index contributed by atoms with van der Waals surface area (Å²) in [5, 5.41) is 9.34. The van der Waals surface area contributed by atoms with Gasteiger partial charge in [-0.1, -0.05) is 0 Å². The Morgan fingerprint density at radius 2 is 1.45 bits per heavy atom. The first-order chi connectivity index (χ1) is 9.80. The number of rotatable bonds is 7. The number of aromatic nitrogens is 1. The Balaban J connectivity index is 0.00000441. The molecule has 0 atom stereocenters. The van der Waals surface area contributed by atoms with Crippen molar-refractivity contribution in [3.8, 4) is 6.07 Å². The summed E-state index contributed by atoms with van der Waals surface area (Å²) in [7, 11) is 0. The summed E-state index contributed by atoms with van der Waals surface area (Å²) in [5.74, 6) is 0. The van der Waals surface area contributed by atoms with Crippen molar-refractivity contribution in [3.63, 3.8) is 0 Å². The van der Waals surface area contributed by atoms with Crippen molar-refractivity contribution in [2.45, 2.75) is 59.9 Å². The summed E-state index contributed by atoms with van der Waals surface area (Å²) < 4.78 is 18.0. The van der Waals surface area contributed by atoms with Crippen LogP contribution < -0.4 is 24.5 Å². The van der Waals surface area contributed by atoms with Crippen molar-refractivity contribution in [1.29, 1.82) is 5.26 Å². The topological polar surface area (TPSA) is 64.4 Å². The number of hydrogen-bond donors (Lipinski definition) is 0. The molecule has 0 radical (unpaired) electrons. The number of hydrogen-bond acceptors (Lipinski definition) is 5. The molecule has 0 N–H and O–H groups in total. The van der Waals surface area contributed by atoms with E-state index >= 15 is 0 Å². The minimum Gasteiger partial charge on any atom is -0.538 e. The van der Waals surface area contributed by atoms with Gasteiger partial charge in [-0.05, 0) is 59.3 Å². The first-order valence-electron chi connectivity index (χ1n) is 7.33. The molecule has 1 aromatic heterocycles. The van der Waals surface area contributed by atoms with E-state index in [1.807, 2.05) is 41.5 Å². The van der Waals surface area contributed by atoms with Crippen molar-refractivity contribution in [2.24, 2.45) is 0 Å². The molecule has 22 heavy (non-hydrogen) atoms. The van der Waals surface area contributed by atoms with E-state index in [1.54, 1.807) is 18.3 Å². The van der Waals surface area contributed by atoms with Crippen LogP contribution in [0.1, 0.15) is 47.1 Å². The molecule has 0 aliphatic rings.